The van der Waals surface area contributed by atoms with Crippen molar-refractivity contribution in [3.05, 3.63) is 28.5 Å². The first-order valence-electron chi connectivity index (χ1n) is 6.14. The largest absolute Gasteiger partial charge is 0.310 e. The molecule has 2 aliphatic rings. The zero-order valence-corrected chi connectivity index (χ0v) is 10.9. The van der Waals surface area contributed by atoms with Crippen LogP contribution in [0.4, 0.5) is 0 Å². The topological polar surface area (TPSA) is 24.9 Å². The number of hydrogen-bond donors (Lipinski definition) is 1. The number of aromatic nitrogens is 1. The van der Waals surface area contributed by atoms with Gasteiger partial charge in [-0.2, -0.15) is 0 Å². The molecule has 1 N–H and O–H groups in total. The SMILES string of the molecule is Brc1cncc(CNC2CC3CCC2C3)c1. The highest BCUT2D eigenvalue weighted by Gasteiger charge is 2.38. The minimum absolute atomic E-state index is 0.762. The Morgan fingerprint density at radius 3 is 2.94 bits per heavy atom. The van der Waals surface area contributed by atoms with Crippen molar-refractivity contribution in [3.8, 4) is 0 Å². The molecule has 1 aromatic rings. The molecule has 0 spiro atoms. The van der Waals surface area contributed by atoms with E-state index in [9.17, 15) is 0 Å². The lowest BCUT2D eigenvalue weighted by Gasteiger charge is -2.22. The lowest BCUT2D eigenvalue weighted by atomic mass is 9.95. The van der Waals surface area contributed by atoms with E-state index in [1.807, 2.05) is 12.4 Å². The summed E-state index contributed by atoms with van der Waals surface area (Å²) in [5, 5.41) is 3.70. The van der Waals surface area contributed by atoms with E-state index in [1.54, 1.807) is 0 Å². The fourth-order valence-corrected chi connectivity index (χ4v) is 3.71. The molecule has 1 heterocycles. The number of halogens is 1. The highest BCUT2D eigenvalue weighted by Crippen LogP contribution is 2.44. The Kier molecular flexibility index (Phi) is 2.99. The predicted octanol–water partition coefficient (Wildman–Crippen LogP) is 3.12. The molecule has 2 nitrogen and oxygen atoms in total. The molecule has 3 atom stereocenters. The summed E-state index contributed by atoms with van der Waals surface area (Å²) in [6.45, 7) is 0.959. The molecule has 0 aliphatic heterocycles. The average molecular weight is 281 g/mol. The van der Waals surface area contributed by atoms with Gasteiger partial charge in [-0.1, -0.05) is 6.42 Å². The Morgan fingerprint density at radius 1 is 1.31 bits per heavy atom. The summed E-state index contributed by atoms with van der Waals surface area (Å²) in [5.74, 6) is 1.97. The Hall–Kier alpha value is -0.410. The lowest BCUT2D eigenvalue weighted by Crippen LogP contribution is -2.33. The Bertz CT molecular complexity index is 380. The van der Waals surface area contributed by atoms with Crippen LogP contribution in [0.5, 0.6) is 0 Å². The summed E-state index contributed by atoms with van der Waals surface area (Å²) in [6, 6.07) is 2.91. The second kappa shape index (κ2) is 4.46. The average Bonchev–Trinajstić information content (AvgIpc) is 2.88. The maximum Gasteiger partial charge on any atom is 0.0410 e. The van der Waals surface area contributed by atoms with Gasteiger partial charge < -0.3 is 5.32 Å². The van der Waals surface area contributed by atoms with Crippen LogP contribution < -0.4 is 5.32 Å². The van der Waals surface area contributed by atoms with Crippen molar-refractivity contribution in [3.63, 3.8) is 0 Å². The van der Waals surface area contributed by atoms with Crippen LogP contribution in [0.15, 0.2) is 22.9 Å². The van der Waals surface area contributed by atoms with E-state index >= 15 is 0 Å². The zero-order valence-electron chi connectivity index (χ0n) is 9.32. The summed E-state index contributed by atoms with van der Waals surface area (Å²) in [4.78, 5) is 4.19. The van der Waals surface area contributed by atoms with E-state index in [1.165, 1.54) is 31.2 Å². The standard InChI is InChI=1S/C13H17BrN2/c14-12-4-10(6-15-8-12)7-16-13-5-9-1-2-11(13)3-9/h4,6,8-9,11,13,16H,1-3,5,7H2. The zero-order chi connectivity index (χ0) is 11.0. The molecule has 3 unspecified atom stereocenters. The van der Waals surface area contributed by atoms with Crippen molar-refractivity contribution in [2.75, 3.05) is 0 Å². The molecule has 2 saturated carbocycles. The van der Waals surface area contributed by atoms with Gasteiger partial charge in [0.2, 0.25) is 0 Å². The van der Waals surface area contributed by atoms with E-state index in [0.717, 1.165) is 28.9 Å². The van der Waals surface area contributed by atoms with Crippen LogP contribution in [0.3, 0.4) is 0 Å². The van der Waals surface area contributed by atoms with Gasteiger partial charge in [-0.05, 0) is 58.7 Å². The Balaban J connectivity index is 1.57. The van der Waals surface area contributed by atoms with Crippen LogP contribution in [-0.2, 0) is 6.54 Å². The molecule has 86 valence electrons. The van der Waals surface area contributed by atoms with Crippen molar-refractivity contribution >= 4 is 15.9 Å². The second-order valence-corrected chi connectivity index (χ2v) is 6.09. The Morgan fingerprint density at radius 2 is 2.25 bits per heavy atom. The van der Waals surface area contributed by atoms with Crippen LogP contribution in [0.2, 0.25) is 0 Å². The first kappa shape index (κ1) is 10.7. The number of pyridine rings is 1. The van der Waals surface area contributed by atoms with E-state index in [2.05, 4.69) is 32.3 Å². The van der Waals surface area contributed by atoms with Crippen molar-refractivity contribution in [1.29, 1.82) is 0 Å². The van der Waals surface area contributed by atoms with Gasteiger partial charge in [0.05, 0.1) is 0 Å². The number of nitrogens with zero attached hydrogens (tertiary/aromatic N) is 1. The molecule has 16 heavy (non-hydrogen) atoms. The van der Waals surface area contributed by atoms with Gasteiger partial charge in [-0.15, -0.1) is 0 Å². The normalized spacial score (nSPS) is 32.2. The van der Waals surface area contributed by atoms with Gasteiger partial charge in [-0.3, -0.25) is 4.98 Å². The first-order chi connectivity index (χ1) is 7.81. The highest BCUT2D eigenvalue weighted by molar-refractivity contribution is 9.10. The van der Waals surface area contributed by atoms with Gasteiger partial charge in [0, 0.05) is 29.5 Å². The molecule has 0 amide bonds. The van der Waals surface area contributed by atoms with Crippen LogP contribution in [0.25, 0.3) is 0 Å². The lowest BCUT2D eigenvalue weighted by molar-refractivity contribution is 0.350. The third-order valence-electron chi connectivity index (χ3n) is 4.07. The summed E-state index contributed by atoms with van der Waals surface area (Å²) in [6.07, 6.45) is 9.56. The number of nitrogens with one attached hydrogen (secondary N) is 1. The number of hydrogen-bond acceptors (Lipinski definition) is 2. The van der Waals surface area contributed by atoms with E-state index in [-0.39, 0.29) is 0 Å². The minimum atomic E-state index is 0.762. The van der Waals surface area contributed by atoms with E-state index in [0.29, 0.717) is 0 Å². The minimum Gasteiger partial charge on any atom is -0.310 e. The molecule has 0 aromatic carbocycles. The molecule has 0 radical (unpaired) electrons. The molecule has 2 fully saturated rings. The molecule has 3 rings (SSSR count). The second-order valence-electron chi connectivity index (χ2n) is 5.17. The molecule has 2 bridgehead atoms. The smallest absolute Gasteiger partial charge is 0.0410 e. The third kappa shape index (κ3) is 2.16. The number of rotatable bonds is 3. The van der Waals surface area contributed by atoms with Crippen molar-refractivity contribution < 1.29 is 0 Å². The van der Waals surface area contributed by atoms with Crippen LogP contribution in [0.1, 0.15) is 31.2 Å². The predicted molar refractivity (Wildman–Crippen MR) is 68.0 cm³/mol. The van der Waals surface area contributed by atoms with Gasteiger partial charge in [0.1, 0.15) is 0 Å². The van der Waals surface area contributed by atoms with E-state index in [4.69, 9.17) is 0 Å². The third-order valence-corrected chi connectivity index (χ3v) is 4.50. The van der Waals surface area contributed by atoms with Crippen molar-refractivity contribution in [1.82, 2.24) is 10.3 Å². The Labute approximate surface area is 105 Å². The van der Waals surface area contributed by atoms with E-state index < -0.39 is 0 Å². The van der Waals surface area contributed by atoms with Crippen LogP contribution in [0, 0.1) is 11.8 Å². The molecular formula is C13H17BrN2. The summed E-state index contributed by atoms with van der Waals surface area (Å²) in [5.41, 5.74) is 1.28. The highest BCUT2D eigenvalue weighted by atomic mass is 79.9. The van der Waals surface area contributed by atoms with Gasteiger partial charge in [0.15, 0.2) is 0 Å². The van der Waals surface area contributed by atoms with Crippen molar-refractivity contribution in [2.45, 2.75) is 38.3 Å². The number of fused-ring (bicyclic) bond motifs is 2. The summed E-state index contributed by atoms with van der Waals surface area (Å²) in [7, 11) is 0. The molecule has 1 aromatic heterocycles. The van der Waals surface area contributed by atoms with Crippen LogP contribution in [-0.4, -0.2) is 11.0 Å². The molecular weight excluding hydrogens is 264 g/mol. The first-order valence-corrected chi connectivity index (χ1v) is 6.93. The molecule has 3 heteroatoms. The van der Waals surface area contributed by atoms with Crippen molar-refractivity contribution in [2.24, 2.45) is 11.8 Å². The quantitative estimate of drug-likeness (QED) is 0.920. The summed E-state index contributed by atoms with van der Waals surface area (Å²) >= 11 is 3.46. The van der Waals surface area contributed by atoms with Gasteiger partial charge in [0.25, 0.3) is 0 Å². The fraction of sp³-hybridized carbons (Fsp3) is 0.615. The molecule has 0 saturated heterocycles. The monoisotopic (exact) mass is 280 g/mol. The van der Waals surface area contributed by atoms with Gasteiger partial charge in [-0.25, -0.2) is 0 Å². The maximum atomic E-state index is 4.19. The molecule has 2 aliphatic carbocycles. The summed E-state index contributed by atoms with van der Waals surface area (Å²) < 4.78 is 1.07. The van der Waals surface area contributed by atoms with Gasteiger partial charge >= 0.3 is 0 Å². The maximum absolute atomic E-state index is 4.19. The van der Waals surface area contributed by atoms with Crippen LogP contribution >= 0.6 is 15.9 Å². The fourth-order valence-electron chi connectivity index (χ4n) is 3.30.